The zero-order valence-electron chi connectivity index (χ0n) is 11.0. The predicted molar refractivity (Wildman–Crippen MR) is 69.8 cm³/mol. The molecule has 1 unspecified atom stereocenters. The van der Waals surface area contributed by atoms with Crippen LogP contribution in [0.4, 0.5) is 0 Å². The fraction of sp³-hybridized carbons (Fsp3) is 0.357. The van der Waals surface area contributed by atoms with Gasteiger partial charge in [-0.15, -0.1) is 0 Å². The molecule has 1 saturated carbocycles. The van der Waals surface area contributed by atoms with Crippen LogP contribution in [-0.2, 0) is 16.2 Å². The molecular formula is C14H15NO5. The van der Waals surface area contributed by atoms with Gasteiger partial charge in [0.05, 0.1) is 24.8 Å². The number of aryl methyl sites for hydroxylation is 1. The van der Waals surface area contributed by atoms with E-state index < -0.39 is 11.9 Å². The van der Waals surface area contributed by atoms with Crippen molar-refractivity contribution in [3.05, 3.63) is 28.6 Å². The summed E-state index contributed by atoms with van der Waals surface area (Å²) in [5, 5.41) is 29.1. The van der Waals surface area contributed by atoms with E-state index in [1.54, 1.807) is 6.92 Å². The summed E-state index contributed by atoms with van der Waals surface area (Å²) in [4.78, 5) is 26.9. The lowest BCUT2D eigenvalue weighted by Crippen LogP contribution is -2.29. The van der Waals surface area contributed by atoms with E-state index in [4.69, 9.17) is 0 Å². The van der Waals surface area contributed by atoms with Crippen LogP contribution in [-0.4, -0.2) is 38.0 Å². The van der Waals surface area contributed by atoms with Crippen LogP contribution in [0.25, 0.3) is 6.08 Å². The first-order valence-electron chi connectivity index (χ1n) is 6.17. The van der Waals surface area contributed by atoms with Gasteiger partial charge in [-0.05, 0) is 13.0 Å². The van der Waals surface area contributed by atoms with Crippen LogP contribution in [0.2, 0.25) is 0 Å². The van der Waals surface area contributed by atoms with Crippen LogP contribution in [0.5, 0.6) is 5.75 Å². The minimum absolute atomic E-state index is 0.0696. The SMILES string of the molecule is Cc1ncc(CO)c(C=C2C(=O)CC(=O)CC2O)c1O. The third-order valence-corrected chi connectivity index (χ3v) is 3.29. The van der Waals surface area contributed by atoms with Gasteiger partial charge >= 0.3 is 0 Å². The third-order valence-electron chi connectivity index (χ3n) is 3.29. The molecule has 0 saturated heterocycles. The van der Waals surface area contributed by atoms with Gasteiger partial charge in [0, 0.05) is 29.3 Å². The van der Waals surface area contributed by atoms with E-state index in [0.29, 0.717) is 11.3 Å². The van der Waals surface area contributed by atoms with Gasteiger partial charge in [0.1, 0.15) is 11.5 Å². The highest BCUT2D eigenvalue weighted by molar-refractivity contribution is 6.13. The van der Waals surface area contributed by atoms with Gasteiger partial charge in [-0.1, -0.05) is 0 Å². The third kappa shape index (κ3) is 2.61. The molecule has 0 bridgehead atoms. The highest BCUT2D eigenvalue weighted by atomic mass is 16.3. The Kier molecular flexibility index (Phi) is 3.96. The number of rotatable bonds is 2. The van der Waals surface area contributed by atoms with E-state index in [2.05, 4.69) is 4.98 Å². The van der Waals surface area contributed by atoms with Crippen molar-refractivity contribution in [2.75, 3.05) is 0 Å². The van der Waals surface area contributed by atoms with Crippen LogP contribution >= 0.6 is 0 Å². The number of aliphatic hydroxyl groups excluding tert-OH is 2. The first-order valence-corrected chi connectivity index (χ1v) is 6.17. The molecule has 1 aromatic rings. The number of Topliss-reactive ketones (excluding diaryl/α,β-unsaturated/α-hetero) is 2. The standard InChI is InChI=1S/C14H15NO5/c1-7-14(20)10(8(6-16)5-15-7)4-11-12(18)2-9(17)3-13(11)19/h4-5,12,16,18,20H,2-3,6H2,1H3. The first kappa shape index (κ1) is 14.4. The minimum atomic E-state index is -1.18. The number of carbonyl (C=O) groups is 2. The zero-order valence-corrected chi connectivity index (χ0v) is 11.0. The van der Waals surface area contributed by atoms with Crippen molar-refractivity contribution in [3.8, 4) is 5.75 Å². The largest absolute Gasteiger partial charge is 0.505 e. The van der Waals surface area contributed by atoms with Crippen LogP contribution < -0.4 is 0 Å². The fourth-order valence-electron chi connectivity index (χ4n) is 2.14. The van der Waals surface area contributed by atoms with Gasteiger partial charge in [0.15, 0.2) is 5.78 Å². The molecule has 1 aliphatic rings. The Morgan fingerprint density at radius 1 is 1.45 bits per heavy atom. The maximum absolute atomic E-state index is 11.8. The van der Waals surface area contributed by atoms with Crippen LogP contribution in [0.1, 0.15) is 29.7 Å². The highest BCUT2D eigenvalue weighted by Gasteiger charge is 2.29. The second kappa shape index (κ2) is 5.52. The molecule has 1 fully saturated rings. The summed E-state index contributed by atoms with van der Waals surface area (Å²) in [7, 11) is 0. The lowest BCUT2D eigenvalue weighted by atomic mass is 9.88. The molecule has 0 spiro atoms. The molecule has 0 aromatic carbocycles. The summed E-state index contributed by atoms with van der Waals surface area (Å²) in [5.41, 5.74) is 1.01. The number of aromatic nitrogens is 1. The predicted octanol–water partition coefficient (Wildman–Crippen LogP) is 0.264. The van der Waals surface area contributed by atoms with Crippen molar-refractivity contribution < 1.29 is 24.9 Å². The topological polar surface area (TPSA) is 108 Å². The summed E-state index contributed by atoms with van der Waals surface area (Å²) in [5.74, 6) is -0.926. The Hall–Kier alpha value is -2.05. The average molecular weight is 277 g/mol. The smallest absolute Gasteiger partial charge is 0.168 e. The van der Waals surface area contributed by atoms with Crippen molar-refractivity contribution in [2.24, 2.45) is 0 Å². The monoisotopic (exact) mass is 277 g/mol. The quantitative estimate of drug-likeness (QED) is 0.529. The molecule has 1 aliphatic carbocycles. The van der Waals surface area contributed by atoms with Gasteiger partial charge in [-0.2, -0.15) is 0 Å². The lowest BCUT2D eigenvalue weighted by Gasteiger charge is -2.19. The van der Waals surface area contributed by atoms with E-state index in [-0.39, 0.29) is 42.1 Å². The Bertz CT molecular complexity index is 606. The number of nitrogens with zero attached hydrogens (tertiary/aromatic N) is 1. The number of hydrogen-bond donors (Lipinski definition) is 3. The summed E-state index contributed by atoms with van der Waals surface area (Å²) in [6.07, 6.45) is 1.18. The lowest BCUT2D eigenvalue weighted by molar-refractivity contribution is -0.129. The number of aromatic hydroxyl groups is 1. The average Bonchev–Trinajstić information content (AvgIpc) is 2.38. The molecule has 3 N–H and O–H groups in total. The summed E-state index contributed by atoms with van der Waals surface area (Å²) in [6, 6.07) is 0. The Morgan fingerprint density at radius 3 is 2.75 bits per heavy atom. The first-order chi connectivity index (χ1) is 9.43. The molecule has 0 amide bonds. The summed E-state index contributed by atoms with van der Waals surface area (Å²) in [6.45, 7) is 1.23. The van der Waals surface area contributed by atoms with Crippen molar-refractivity contribution in [1.82, 2.24) is 4.98 Å². The number of hydrogen-bond acceptors (Lipinski definition) is 6. The molecule has 20 heavy (non-hydrogen) atoms. The molecule has 6 nitrogen and oxygen atoms in total. The minimum Gasteiger partial charge on any atom is -0.505 e. The van der Waals surface area contributed by atoms with E-state index >= 15 is 0 Å². The van der Waals surface area contributed by atoms with Crippen LogP contribution in [0, 0.1) is 6.92 Å². The number of pyridine rings is 1. The number of aliphatic hydroxyl groups is 2. The molecular weight excluding hydrogens is 262 g/mol. The Balaban J connectivity index is 2.52. The van der Waals surface area contributed by atoms with E-state index in [1.807, 2.05) is 0 Å². The van der Waals surface area contributed by atoms with Gasteiger partial charge in [0.2, 0.25) is 0 Å². The van der Waals surface area contributed by atoms with Gasteiger partial charge < -0.3 is 15.3 Å². The van der Waals surface area contributed by atoms with Crippen molar-refractivity contribution >= 4 is 17.6 Å². The second-order valence-electron chi connectivity index (χ2n) is 4.75. The Morgan fingerprint density at radius 2 is 2.15 bits per heavy atom. The molecule has 106 valence electrons. The zero-order chi connectivity index (χ0) is 14.9. The highest BCUT2D eigenvalue weighted by Crippen LogP contribution is 2.29. The van der Waals surface area contributed by atoms with E-state index in [1.165, 1.54) is 12.3 Å². The molecule has 1 heterocycles. The molecule has 2 rings (SSSR count). The maximum Gasteiger partial charge on any atom is 0.168 e. The molecule has 0 aliphatic heterocycles. The van der Waals surface area contributed by atoms with Crippen molar-refractivity contribution in [3.63, 3.8) is 0 Å². The van der Waals surface area contributed by atoms with E-state index in [0.717, 1.165) is 0 Å². The van der Waals surface area contributed by atoms with Crippen molar-refractivity contribution in [1.29, 1.82) is 0 Å². The van der Waals surface area contributed by atoms with Crippen LogP contribution in [0.3, 0.4) is 0 Å². The van der Waals surface area contributed by atoms with Crippen LogP contribution in [0.15, 0.2) is 11.8 Å². The normalized spacial score (nSPS) is 21.6. The molecule has 6 heteroatoms. The second-order valence-corrected chi connectivity index (χ2v) is 4.75. The molecule has 1 atom stereocenters. The van der Waals surface area contributed by atoms with E-state index in [9.17, 15) is 24.9 Å². The van der Waals surface area contributed by atoms with Gasteiger partial charge in [0.25, 0.3) is 0 Å². The molecule has 0 radical (unpaired) electrons. The fourth-order valence-corrected chi connectivity index (χ4v) is 2.14. The van der Waals surface area contributed by atoms with Gasteiger partial charge in [-0.25, -0.2) is 0 Å². The molecule has 1 aromatic heterocycles. The summed E-state index contributed by atoms with van der Waals surface area (Å²) >= 11 is 0. The summed E-state index contributed by atoms with van der Waals surface area (Å²) < 4.78 is 0. The Labute approximate surface area is 115 Å². The number of ketones is 2. The van der Waals surface area contributed by atoms with Gasteiger partial charge in [-0.3, -0.25) is 14.6 Å². The number of carbonyl (C=O) groups excluding carboxylic acids is 2. The van der Waals surface area contributed by atoms with Crippen molar-refractivity contribution in [2.45, 2.75) is 32.5 Å². The maximum atomic E-state index is 11.8.